The van der Waals surface area contributed by atoms with Crippen molar-refractivity contribution in [1.29, 1.82) is 0 Å². The molecule has 2 heterocycles. The lowest BCUT2D eigenvalue weighted by Crippen LogP contribution is -2.12. The van der Waals surface area contributed by atoms with Gasteiger partial charge in [0.25, 0.3) is 0 Å². The van der Waals surface area contributed by atoms with E-state index < -0.39 is 5.97 Å². The maximum Gasteiger partial charge on any atom is 0.355 e. The number of aromatic nitrogens is 6. The van der Waals surface area contributed by atoms with E-state index in [1.54, 1.807) is 4.57 Å². The Morgan fingerprint density at radius 2 is 1.87 bits per heavy atom. The van der Waals surface area contributed by atoms with E-state index in [9.17, 15) is 9.90 Å². The summed E-state index contributed by atoms with van der Waals surface area (Å²) in [5.74, 6) is 0.186. The molecule has 30 heavy (non-hydrogen) atoms. The van der Waals surface area contributed by atoms with Crippen LogP contribution in [0.5, 0.6) is 0 Å². The third-order valence-corrected chi connectivity index (χ3v) is 5.08. The maximum atomic E-state index is 11.7. The molecule has 2 aromatic carbocycles. The van der Waals surface area contributed by atoms with Crippen molar-refractivity contribution >= 4 is 17.6 Å². The molecule has 0 amide bonds. The highest BCUT2D eigenvalue weighted by molar-refractivity contribution is 6.32. The molecule has 9 heteroatoms. The van der Waals surface area contributed by atoms with Crippen molar-refractivity contribution in [3.05, 3.63) is 70.8 Å². The van der Waals surface area contributed by atoms with E-state index in [1.807, 2.05) is 55.5 Å². The summed E-state index contributed by atoms with van der Waals surface area (Å²) in [5.41, 5.74) is 3.86. The molecule has 0 atom stereocenters. The zero-order valence-corrected chi connectivity index (χ0v) is 17.0. The number of aromatic amines is 1. The number of imidazole rings is 1. The van der Waals surface area contributed by atoms with Crippen molar-refractivity contribution in [2.24, 2.45) is 0 Å². The second-order valence-corrected chi connectivity index (χ2v) is 7.16. The fraction of sp³-hybridized carbons (Fsp3) is 0.190. The largest absolute Gasteiger partial charge is 0.476 e. The van der Waals surface area contributed by atoms with Crippen LogP contribution < -0.4 is 0 Å². The van der Waals surface area contributed by atoms with Gasteiger partial charge in [-0.25, -0.2) is 14.9 Å². The molecule has 8 nitrogen and oxygen atoms in total. The first-order chi connectivity index (χ1) is 14.6. The zero-order chi connectivity index (χ0) is 21.1. The number of carboxylic acids is 1. The number of nitrogens with one attached hydrogen (secondary N) is 1. The van der Waals surface area contributed by atoms with Crippen LogP contribution in [-0.4, -0.2) is 41.3 Å². The fourth-order valence-electron chi connectivity index (χ4n) is 3.44. The van der Waals surface area contributed by atoms with Crippen molar-refractivity contribution in [2.45, 2.75) is 26.3 Å². The summed E-state index contributed by atoms with van der Waals surface area (Å²) in [6, 6.07) is 15.8. The number of H-pyrrole nitrogens is 1. The van der Waals surface area contributed by atoms with Gasteiger partial charge in [0.2, 0.25) is 0 Å². The molecule has 2 N–H and O–H groups in total. The molecule has 0 unspecified atom stereocenters. The van der Waals surface area contributed by atoms with Crippen molar-refractivity contribution < 1.29 is 9.90 Å². The lowest BCUT2D eigenvalue weighted by atomic mass is 9.98. The van der Waals surface area contributed by atoms with Gasteiger partial charge >= 0.3 is 5.97 Å². The number of carboxylic acid groups (broad SMARTS) is 1. The molecule has 0 fully saturated rings. The van der Waals surface area contributed by atoms with Crippen molar-refractivity contribution in [2.75, 3.05) is 0 Å². The Morgan fingerprint density at radius 1 is 1.13 bits per heavy atom. The van der Waals surface area contributed by atoms with Crippen LogP contribution in [0.4, 0.5) is 0 Å². The van der Waals surface area contributed by atoms with Crippen molar-refractivity contribution in [3.63, 3.8) is 0 Å². The number of hydrogen-bond donors (Lipinski definition) is 2. The summed E-state index contributed by atoms with van der Waals surface area (Å²) in [5, 5.41) is 23.7. The van der Waals surface area contributed by atoms with E-state index in [0.29, 0.717) is 24.6 Å². The van der Waals surface area contributed by atoms with E-state index in [1.165, 1.54) is 0 Å². The number of hydrogen-bond acceptors (Lipinski definition) is 5. The first-order valence-corrected chi connectivity index (χ1v) is 9.87. The van der Waals surface area contributed by atoms with Crippen LogP contribution in [-0.2, 0) is 13.0 Å². The van der Waals surface area contributed by atoms with E-state index in [4.69, 9.17) is 11.6 Å². The molecular weight excluding hydrogens is 404 g/mol. The molecule has 0 spiro atoms. The fourth-order valence-corrected chi connectivity index (χ4v) is 3.72. The first kappa shape index (κ1) is 19.8. The Bertz CT molecular complexity index is 1170. The number of nitrogens with zero attached hydrogens (tertiary/aromatic N) is 5. The van der Waals surface area contributed by atoms with E-state index in [0.717, 1.165) is 28.7 Å². The second-order valence-electron chi connectivity index (χ2n) is 6.80. The Morgan fingerprint density at radius 3 is 2.50 bits per heavy atom. The Hall–Kier alpha value is -3.52. The van der Waals surface area contributed by atoms with Crippen LogP contribution >= 0.6 is 11.6 Å². The molecule has 0 bridgehead atoms. The SMILES string of the molecule is CCCc1nc(Cl)c(C(=O)O)n1Cc1ccc(-c2ccccc2-c2nnn[nH]2)cc1. The van der Waals surface area contributed by atoms with Gasteiger partial charge < -0.3 is 9.67 Å². The predicted molar refractivity (Wildman–Crippen MR) is 112 cm³/mol. The number of halogens is 1. The molecule has 152 valence electrons. The van der Waals surface area contributed by atoms with Gasteiger partial charge in [0.1, 0.15) is 5.82 Å². The predicted octanol–water partition coefficient (Wildman–Crippen LogP) is 4.08. The summed E-state index contributed by atoms with van der Waals surface area (Å²) in [7, 11) is 0. The van der Waals surface area contributed by atoms with Gasteiger partial charge in [-0.05, 0) is 33.5 Å². The van der Waals surface area contributed by atoms with Crippen LogP contribution in [0.1, 0.15) is 35.2 Å². The Labute approximate surface area is 177 Å². The van der Waals surface area contributed by atoms with Gasteiger partial charge in [0, 0.05) is 18.5 Å². The standard InChI is InChI=1S/C21H19ClN6O2/c1-2-5-17-23-19(22)18(21(29)30)28(17)12-13-8-10-14(11-9-13)15-6-3-4-7-16(15)20-24-26-27-25-20/h3-4,6-11H,2,5,12H2,1H3,(H,29,30)(H,24,25,26,27). The summed E-state index contributed by atoms with van der Waals surface area (Å²) in [6.07, 6.45) is 1.50. The summed E-state index contributed by atoms with van der Waals surface area (Å²) in [6.45, 7) is 2.40. The normalized spacial score (nSPS) is 11.0. The van der Waals surface area contributed by atoms with E-state index in [-0.39, 0.29) is 10.8 Å². The molecule has 2 aromatic heterocycles. The Balaban J connectivity index is 1.66. The van der Waals surface area contributed by atoms with Gasteiger partial charge in [-0.2, -0.15) is 0 Å². The molecule has 0 radical (unpaired) electrons. The second kappa shape index (κ2) is 8.46. The summed E-state index contributed by atoms with van der Waals surface area (Å²) < 4.78 is 1.68. The zero-order valence-electron chi connectivity index (χ0n) is 16.2. The van der Waals surface area contributed by atoms with Crippen LogP contribution in [0.25, 0.3) is 22.5 Å². The molecule has 4 rings (SSSR count). The van der Waals surface area contributed by atoms with Crippen molar-refractivity contribution in [3.8, 4) is 22.5 Å². The molecule has 0 saturated carbocycles. The molecular formula is C21H19ClN6O2. The molecule has 0 aliphatic carbocycles. The van der Waals surface area contributed by atoms with E-state index >= 15 is 0 Å². The average Bonchev–Trinajstić information content (AvgIpc) is 3.37. The highest BCUT2D eigenvalue weighted by atomic mass is 35.5. The summed E-state index contributed by atoms with van der Waals surface area (Å²) >= 11 is 6.09. The molecule has 0 aliphatic heterocycles. The third-order valence-electron chi connectivity index (χ3n) is 4.81. The molecule has 0 aliphatic rings. The highest BCUT2D eigenvalue weighted by Crippen LogP contribution is 2.30. The minimum Gasteiger partial charge on any atom is -0.476 e. The molecule has 4 aromatic rings. The topological polar surface area (TPSA) is 110 Å². The minimum absolute atomic E-state index is 0.0207. The van der Waals surface area contributed by atoms with Crippen LogP contribution in [0.3, 0.4) is 0 Å². The number of benzene rings is 2. The first-order valence-electron chi connectivity index (χ1n) is 9.49. The minimum atomic E-state index is -1.08. The summed E-state index contributed by atoms with van der Waals surface area (Å²) in [4.78, 5) is 15.9. The van der Waals surface area contributed by atoms with Gasteiger partial charge in [-0.3, -0.25) is 0 Å². The van der Waals surface area contributed by atoms with Gasteiger partial charge in [0.15, 0.2) is 16.7 Å². The Kier molecular flexibility index (Phi) is 5.58. The average molecular weight is 423 g/mol. The number of aromatic carboxylic acids is 1. The van der Waals surface area contributed by atoms with Gasteiger partial charge in [-0.1, -0.05) is 67.1 Å². The third kappa shape index (κ3) is 3.81. The lowest BCUT2D eigenvalue weighted by molar-refractivity contribution is 0.0685. The number of aryl methyl sites for hydroxylation is 1. The van der Waals surface area contributed by atoms with Crippen LogP contribution in [0.15, 0.2) is 48.5 Å². The lowest BCUT2D eigenvalue weighted by Gasteiger charge is -2.11. The smallest absolute Gasteiger partial charge is 0.355 e. The van der Waals surface area contributed by atoms with Gasteiger partial charge in [-0.15, -0.1) is 5.10 Å². The number of carbonyl (C=O) groups is 1. The quantitative estimate of drug-likeness (QED) is 0.464. The van der Waals surface area contributed by atoms with Crippen LogP contribution in [0.2, 0.25) is 5.15 Å². The maximum absolute atomic E-state index is 11.7. The monoisotopic (exact) mass is 422 g/mol. The number of rotatable bonds is 7. The molecule has 0 saturated heterocycles. The highest BCUT2D eigenvalue weighted by Gasteiger charge is 2.21. The number of tetrazole rings is 1. The van der Waals surface area contributed by atoms with Gasteiger partial charge in [0.05, 0.1) is 0 Å². The van der Waals surface area contributed by atoms with E-state index in [2.05, 4.69) is 25.6 Å². The van der Waals surface area contributed by atoms with Crippen molar-refractivity contribution in [1.82, 2.24) is 30.2 Å². The van der Waals surface area contributed by atoms with Crippen LogP contribution in [0, 0.1) is 0 Å².